The van der Waals surface area contributed by atoms with Gasteiger partial charge >= 0.3 is 18.1 Å². The minimum atomic E-state index is -5.24. The molecule has 0 saturated carbocycles. The summed E-state index contributed by atoms with van der Waals surface area (Å²) in [5, 5.41) is 23.8. The molecule has 2 saturated heterocycles. The van der Waals surface area contributed by atoms with Crippen LogP contribution in [0.5, 0.6) is 28.7 Å². The number of amides is 1. The molecule has 18 heteroatoms. The van der Waals surface area contributed by atoms with E-state index in [1.165, 1.54) is 14.2 Å². The number of carbonyl (C=O) groups excluding carboxylic acids is 2. The summed E-state index contributed by atoms with van der Waals surface area (Å²) in [7, 11) is 4.93. The van der Waals surface area contributed by atoms with Crippen molar-refractivity contribution in [3.63, 3.8) is 0 Å². The number of piperazine rings is 1. The Balaban J connectivity index is 0.00000448. The Kier molecular flexibility index (Phi) is 10.7. The molecule has 13 nitrogen and oxygen atoms in total. The van der Waals surface area contributed by atoms with Crippen LogP contribution in [-0.4, -0.2) is 104 Å². The first-order valence-electron chi connectivity index (χ1n) is 15.9. The number of aryl methyl sites for hydroxylation is 1. The largest absolute Gasteiger partial charge is 0.507 e. The number of ether oxygens (including phenoxy) is 6. The number of nitriles is 1. The number of hydrogen-bond donors (Lipinski definition) is 2. The molecule has 2 aromatic rings. The normalized spacial score (nSPS) is 27.9. The van der Waals surface area contributed by atoms with E-state index in [-0.39, 0.29) is 75.2 Å². The summed E-state index contributed by atoms with van der Waals surface area (Å²) in [6.45, 7) is 2.92. The van der Waals surface area contributed by atoms with Crippen LogP contribution >= 0.6 is 11.8 Å². The molecule has 0 aliphatic carbocycles. The number of hydrogen-bond acceptors (Lipinski definition) is 13. The molecule has 7 atom stereocenters. The van der Waals surface area contributed by atoms with Crippen LogP contribution in [0.2, 0.25) is 0 Å². The number of nitrogens with one attached hydrogen (secondary N) is 1. The van der Waals surface area contributed by atoms with Gasteiger partial charge in [-0.1, -0.05) is 6.07 Å². The fourth-order valence-corrected chi connectivity index (χ4v) is 9.80. The SMILES string of the molecule is COCOc1c(OC)c(C)cc2c1[C@@H]1C3[C@@H]4SC[C@H](NC(=O)C(F)(F)F)C(=O)OC[C@@H](c5c6c(c(C)c(O)c54)OCO6)N3[C@@H](C#N)[C@H](C2)N1C.[Ac]. The van der Waals surface area contributed by atoms with Gasteiger partial charge < -0.3 is 38.8 Å². The first kappa shape index (κ1) is 38.1. The van der Waals surface area contributed by atoms with Crippen molar-refractivity contribution in [3.8, 4) is 34.8 Å². The fraction of sp³-hybridized carbons (Fsp3) is 0.545. The number of methoxy groups -OCH3 is 2. The zero-order valence-corrected chi connectivity index (χ0v) is 33.9. The van der Waals surface area contributed by atoms with Crippen molar-refractivity contribution in [2.75, 3.05) is 47.2 Å². The van der Waals surface area contributed by atoms with Crippen molar-refractivity contribution in [3.05, 3.63) is 39.4 Å². The summed E-state index contributed by atoms with van der Waals surface area (Å²) in [6, 6.07) is -0.387. The number of aromatic hydroxyl groups is 1. The van der Waals surface area contributed by atoms with Gasteiger partial charge in [0.1, 0.15) is 24.4 Å². The smallest absolute Gasteiger partial charge is 0.471 e. The maximum absolute atomic E-state index is 13.4. The summed E-state index contributed by atoms with van der Waals surface area (Å²) in [6.07, 6.45) is -4.78. The standard InChI is InChI=1S/C33H35F3N4O9S.Ac/c1-13-6-15-7-17-18(8-37)40-19-9-46-31(42)16(38-32(43)33(34,35)36)10-50-30(22-21(19)29-27(48-12-49-29)14(2)25(22)41)24(40)23(39(17)3)20(15)28(26(13)45-5)47-11-44-4;/h6,16-19,23-24,30,41H,7,9-12H2,1-5H3,(H,38,43);/t16-,17-,18-,19-,23+,24?,30+;/m0./s1. The number of carbonyl (C=O) groups is 2. The number of fused-ring (bicyclic) bond motifs is 9. The molecule has 271 valence electrons. The molecule has 0 spiro atoms. The molecule has 1 unspecified atom stereocenters. The van der Waals surface area contributed by atoms with Gasteiger partial charge in [-0.2, -0.15) is 18.4 Å². The molecular formula is C33H35AcF3N4O9S. The van der Waals surface area contributed by atoms with Gasteiger partial charge in [-0.15, -0.1) is 11.8 Å². The summed E-state index contributed by atoms with van der Waals surface area (Å²) in [5.74, 6) is -2.20. The van der Waals surface area contributed by atoms with E-state index in [9.17, 15) is 33.1 Å². The van der Waals surface area contributed by atoms with E-state index >= 15 is 0 Å². The van der Waals surface area contributed by atoms with E-state index in [0.717, 1.165) is 28.5 Å². The molecule has 5 aliphatic rings. The number of phenols is 1. The third-order valence-electron chi connectivity index (χ3n) is 10.3. The van der Waals surface area contributed by atoms with Crippen molar-refractivity contribution in [1.29, 1.82) is 5.26 Å². The monoisotopic (exact) mass is 947 g/mol. The van der Waals surface area contributed by atoms with Gasteiger partial charge in [0.05, 0.1) is 30.5 Å². The number of esters is 1. The van der Waals surface area contributed by atoms with Crippen LogP contribution in [0.1, 0.15) is 50.7 Å². The number of rotatable bonds is 5. The van der Waals surface area contributed by atoms with E-state index in [1.807, 2.05) is 24.9 Å². The molecule has 4 bridgehead atoms. The van der Waals surface area contributed by atoms with Gasteiger partial charge in [-0.05, 0) is 38.4 Å². The minimum Gasteiger partial charge on any atom is -0.507 e. The molecule has 1 radical (unpaired) electrons. The quantitative estimate of drug-likeness (QED) is 0.334. The third-order valence-corrected chi connectivity index (χ3v) is 11.7. The Morgan fingerprint density at radius 3 is 2.55 bits per heavy atom. The van der Waals surface area contributed by atoms with Gasteiger partial charge in [0, 0.05) is 91.3 Å². The van der Waals surface area contributed by atoms with E-state index in [4.69, 9.17) is 28.4 Å². The number of thioether (sulfide) groups is 1. The number of alkyl halides is 3. The Morgan fingerprint density at radius 1 is 1.16 bits per heavy atom. The van der Waals surface area contributed by atoms with Crippen LogP contribution in [0.15, 0.2) is 6.07 Å². The van der Waals surface area contributed by atoms with E-state index in [0.29, 0.717) is 46.1 Å². The Labute approximate surface area is 331 Å². The topological polar surface area (TPSA) is 152 Å². The summed E-state index contributed by atoms with van der Waals surface area (Å²) < 4.78 is 74.9. The number of phenolic OH excluding ortho intramolecular Hbond substituents is 1. The van der Waals surface area contributed by atoms with Gasteiger partial charge in [0.2, 0.25) is 6.79 Å². The second-order valence-corrected chi connectivity index (χ2v) is 14.0. The Bertz CT molecular complexity index is 1810. The first-order chi connectivity index (χ1) is 23.8. The number of nitrogens with zero attached hydrogens (tertiary/aromatic N) is 3. The summed E-state index contributed by atoms with van der Waals surface area (Å²) in [4.78, 5) is 29.5. The average molecular weight is 948 g/mol. The molecule has 0 aromatic heterocycles. The molecule has 2 N–H and O–H groups in total. The predicted molar refractivity (Wildman–Crippen MR) is 169 cm³/mol. The van der Waals surface area contributed by atoms with E-state index in [1.54, 1.807) is 12.2 Å². The summed E-state index contributed by atoms with van der Waals surface area (Å²) in [5.41, 5.74) is 3.81. The van der Waals surface area contributed by atoms with Gasteiger partial charge in [-0.25, -0.2) is 4.79 Å². The van der Waals surface area contributed by atoms with Crippen LogP contribution in [-0.2, 0) is 25.5 Å². The van der Waals surface area contributed by atoms with Crippen LogP contribution in [0.3, 0.4) is 0 Å². The number of halogens is 3. The van der Waals surface area contributed by atoms with Crippen molar-refractivity contribution in [2.45, 2.75) is 67.9 Å². The van der Waals surface area contributed by atoms with Crippen LogP contribution in [0, 0.1) is 69.2 Å². The zero-order valence-electron chi connectivity index (χ0n) is 28.3. The average Bonchev–Trinajstić information content (AvgIpc) is 3.56. The summed E-state index contributed by atoms with van der Waals surface area (Å²) >= 11 is 1.08. The van der Waals surface area contributed by atoms with E-state index in [2.05, 4.69) is 11.0 Å². The van der Waals surface area contributed by atoms with E-state index < -0.39 is 60.1 Å². The van der Waals surface area contributed by atoms with Crippen molar-refractivity contribution < 1.29 is 100 Å². The van der Waals surface area contributed by atoms with Crippen LogP contribution in [0.25, 0.3) is 0 Å². The number of cyclic esters (lactones) is 1. The number of likely N-dealkylation sites (N-methyl/N-ethyl adjacent to an activating group) is 1. The van der Waals surface area contributed by atoms with Gasteiger partial charge in [-0.3, -0.25) is 14.6 Å². The molecule has 2 fully saturated rings. The van der Waals surface area contributed by atoms with Gasteiger partial charge in [0.15, 0.2) is 29.8 Å². The van der Waals surface area contributed by atoms with Crippen LogP contribution in [0.4, 0.5) is 13.2 Å². The Hall–Kier alpha value is -2.67. The molecule has 51 heavy (non-hydrogen) atoms. The molecule has 5 heterocycles. The second kappa shape index (κ2) is 14.3. The Morgan fingerprint density at radius 2 is 1.88 bits per heavy atom. The molecule has 5 aliphatic heterocycles. The molecular weight excluding hydrogens is 912 g/mol. The predicted octanol–water partition coefficient (Wildman–Crippen LogP) is 3.34. The molecule has 1 amide bonds. The zero-order chi connectivity index (χ0) is 35.8. The molecule has 2 aromatic carbocycles. The minimum absolute atomic E-state index is 0. The first-order valence-corrected chi connectivity index (χ1v) is 16.9. The second-order valence-electron chi connectivity index (χ2n) is 12.9. The number of benzene rings is 2. The van der Waals surface area contributed by atoms with Gasteiger partial charge in [0.25, 0.3) is 0 Å². The van der Waals surface area contributed by atoms with Crippen molar-refractivity contribution >= 4 is 23.6 Å². The van der Waals surface area contributed by atoms with Crippen LogP contribution < -0.4 is 24.3 Å². The van der Waals surface area contributed by atoms with Crippen molar-refractivity contribution in [1.82, 2.24) is 15.1 Å². The maximum atomic E-state index is 13.4. The van der Waals surface area contributed by atoms with Crippen molar-refractivity contribution in [2.24, 2.45) is 0 Å². The molecule has 7 rings (SSSR count). The maximum Gasteiger partial charge on any atom is 0.471 e. The fourth-order valence-electron chi connectivity index (χ4n) is 8.29. The third kappa shape index (κ3) is 6.00.